The highest BCUT2D eigenvalue weighted by Crippen LogP contribution is 2.57. The monoisotopic (exact) mass is 330 g/mol. The average molecular weight is 330 g/mol. The molecule has 2 aliphatic rings. The van der Waals surface area contributed by atoms with E-state index in [1.165, 1.54) is 7.11 Å². The third-order valence-electron chi connectivity index (χ3n) is 4.60. The zero-order valence-corrected chi connectivity index (χ0v) is 13.7. The number of ether oxygens (including phenoxy) is 5. The second kappa shape index (κ2) is 5.40. The maximum atomic E-state index is 10.4. The number of phenolic OH excluding ortho intramolecular Hbond substituents is 1. The lowest BCUT2D eigenvalue weighted by molar-refractivity contribution is 0.132. The normalized spacial score (nSPS) is 20.1. The molecule has 0 aromatic heterocycles. The molecule has 6 nitrogen and oxygen atoms in total. The minimum absolute atomic E-state index is 0.00223. The van der Waals surface area contributed by atoms with Gasteiger partial charge >= 0.3 is 0 Å². The average Bonchev–Trinajstić information content (AvgIpc) is 3.00. The summed E-state index contributed by atoms with van der Waals surface area (Å²) in [4.78, 5) is 0. The van der Waals surface area contributed by atoms with Crippen LogP contribution < -0.4 is 23.7 Å². The molecule has 2 heterocycles. The van der Waals surface area contributed by atoms with Crippen molar-refractivity contribution in [3.05, 3.63) is 35.4 Å². The molecule has 0 radical (unpaired) electrons. The highest BCUT2D eigenvalue weighted by molar-refractivity contribution is 5.63. The van der Waals surface area contributed by atoms with Gasteiger partial charge in [-0.2, -0.15) is 0 Å². The summed E-state index contributed by atoms with van der Waals surface area (Å²) in [6.07, 6.45) is -0.249. The third kappa shape index (κ3) is 1.89. The highest BCUT2D eigenvalue weighted by Gasteiger charge is 2.43. The number of hydrogen-bond acceptors (Lipinski definition) is 6. The van der Waals surface area contributed by atoms with Crippen molar-refractivity contribution < 1.29 is 28.8 Å². The van der Waals surface area contributed by atoms with Gasteiger partial charge in [-0.3, -0.25) is 0 Å². The van der Waals surface area contributed by atoms with Crippen LogP contribution >= 0.6 is 0 Å². The number of hydrogen-bond donors (Lipinski definition) is 1. The first-order valence-electron chi connectivity index (χ1n) is 7.63. The van der Waals surface area contributed by atoms with Gasteiger partial charge in [0.15, 0.2) is 23.0 Å². The minimum atomic E-state index is -0.249. The van der Waals surface area contributed by atoms with Crippen molar-refractivity contribution in [2.24, 2.45) is 0 Å². The molecule has 2 aromatic carbocycles. The molecule has 4 rings (SSSR count). The minimum Gasteiger partial charge on any atom is -0.502 e. The molecule has 24 heavy (non-hydrogen) atoms. The van der Waals surface area contributed by atoms with E-state index in [4.69, 9.17) is 23.7 Å². The van der Waals surface area contributed by atoms with Crippen LogP contribution in [-0.4, -0.2) is 33.0 Å². The molecule has 0 fully saturated rings. The summed E-state index contributed by atoms with van der Waals surface area (Å²) in [6.45, 7) is 0.431. The molecule has 2 unspecified atom stereocenters. The van der Waals surface area contributed by atoms with E-state index in [1.54, 1.807) is 20.3 Å². The van der Waals surface area contributed by atoms with Crippen molar-refractivity contribution in [3.8, 4) is 34.5 Å². The van der Waals surface area contributed by atoms with Gasteiger partial charge in [-0.15, -0.1) is 0 Å². The van der Waals surface area contributed by atoms with Gasteiger partial charge in [-0.05, 0) is 18.2 Å². The third-order valence-corrected chi connectivity index (χ3v) is 4.60. The Hall–Kier alpha value is -2.76. The van der Waals surface area contributed by atoms with Gasteiger partial charge in [0.2, 0.25) is 11.5 Å². The summed E-state index contributed by atoms with van der Waals surface area (Å²) >= 11 is 0. The Bertz CT molecular complexity index is 801. The number of aromatic hydroxyl groups is 1. The Balaban J connectivity index is 1.81. The maximum Gasteiger partial charge on any atom is 0.203 e. The second-order valence-corrected chi connectivity index (χ2v) is 5.71. The molecule has 126 valence electrons. The van der Waals surface area contributed by atoms with Crippen LogP contribution in [0.15, 0.2) is 24.3 Å². The van der Waals surface area contributed by atoms with E-state index in [2.05, 4.69) is 0 Å². The Morgan fingerprint density at radius 3 is 2.33 bits per heavy atom. The van der Waals surface area contributed by atoms with Crippen molar-refractivity contribution in [2.75, 3.05) is 27.9 Å². The van der Waals surface area contributed by atoms with E-state index in [-0.39, 0.29) is 17.8 Å². The summed E-state index contributed by atoms with van der Waals surface area (Å²) < 4.78 is 28.0. The van der Waals surface area contributed by atoms with E-state index in [0.29, 0.717) is 35.4 Å². The quantitative estimate of drug-likeness (QED) is 0.933. The van der Waals surface area contributed by atoms with E-state index >= 15 is 0 Å². The topological polar surface area (TPSA) is 66.4 Å². The van der Waals surface area contributed by atoms with Gasteiger partial charge in [-0.25, -0.2) is 0 Å². The molecule has 0 bridgehead atoms. The lowest BCUT2D eigenvalue weighted by atomic mass is 9.89. The molecule has 2 aliphatic heterocycles. The molecule has 2 atom stereocenters. The standard InChI is InChI=1S/C18H18O6/c1-20-12-6-4-9-11-8-23-17-10(15(11)24-16(9)14(12)19)5-7-13(21-2)18(17)22-3/h4-7,11,15,19H,8H2,1-3H3. The van der Waals surface area contributed by atoms with Crippen LogP contribution in [0.4, 0.5) is 0 Å². The number of fused-ring (bicyclic) bond motifs is 5. The molecule has 0 aliphatic carbocycles. The summed E-state index contributed by atoms with van der Waals surface area (Å²) in [7, 11) is 4.68. The largest absolute Gasteiger partial charge is 0.502 e. The zero-order chi connectivity index (χ0) is 16.8. The molecule has 0 saturated heterocycles. The number of rotatable bonds is 3. The number of benzene rings is 2. The van der Waals surface area contributed by atoms with Crippen LogP contribution in [-0.2, 0) is 0 Å². The fourth-order valence-corrected chi connectivity index (χ4v) is 3.44. The number of methoxy groups -OCH3 is 3. The van der Waals surface area contributed by atoms with Crippen molar-refractivity contribution in [3.63, 3.8) is 0 Å². The Morgan fingerprint density at radius 1 is 0.917 bits per heavy atom. The van der Waals surface area contributed by atoms with Gasteiger partial charge in [0.05, 0.1) is 33.9 Å². The van der Waals surface area contributed by atoms with E-state index < -0.39 is 0 Å². The van der Waals surface area contributed by atoms with Crippen LogP contribution in [0.25, 0.3) is 0 Å². The molecule has 0 amide bonds. The lowest BCUT2D eigenvalue weighted by Gasteiger charge is -2.29. The Kier molecular flexibility index (Phi) is 3.33. The van der Waals surface area contributed by atoms with Crippen molar-refractivity contribution in [1.29, 1.82) is 0 Å². The molecule has 0 saturated carbocycles. The van der Waals surface area contributed by atoms with Crippen molar-refractivity contribution in [2.45, 2.75) is 12.0 Å². The van der Waals surface area contributed by atoms with Crippen LogP contribution in [0, 0.1) is 0 Å². The van der Waals surface area contributed by atoms with Crippen LogP contribution in [0.2, 0.25) is 0 Å². The van der Waals surface area contributed by atoms with Crippen LogP contribution in [0.1, 0.15) is 23.1 Å². The Labute approximate surface area is 139 Å². The second-order valence-electron chi connectivity index (χ2n) is 5.71. The molecular weight excluding hydrogens is 312 g/mol. The summed E-state index contributed by atoms with van der Waals surface area (Å²) in [5, 5.41) is 10.4. The molecule has 6 heteroatoms. The predicted octanol–water partition coefficient (Wildman–Crippen LogP) is 3.03. The van der Waals surface area contributed by atoms with Crippen molar-refractivity contribution in [1.82, 2.24) is 0 Å². The summed E-state index contributed by atoms with van der Waals surface area (Å²) in [5.41, 5.74) is 1.79. The Morgan fingerprint density at radius 2 is 1.62 bits per heavy atom. The van der Waals surface area contributed by atoms with E-state index in [0.717, 1.165) is 11.1 Å². The first-order valence-corrected chi connectivity index (χ1v) is 7.63. The van der Waals surface area contributed by atoms with Gasteiger partial charge in [0, 0.05) is 11.1 Å². The highest BCUT2D eigenvalue weighted by atomic mass is 16.5. The first-order chi connectivity index (χ1) is 11.7. The van der Waals surface area contributed by atoms with Gasteiger partial charge in [0.1, 0.15) is 6.10 Å². The van der Waals surface area contributed by atoms with Crippen LogP contribution in [0.5, 0.6) is 34.5 Å². The fourth-order valence-electron chi connectivity index (χ4n) is 3.44. The van der Waals surface area contributed by atoms with E-state index in [1.807, 2.05) is 18.2 Å². The lowest BCUT2D eigenvalue weighted by Crippen LogP contribution is -2.23. The molecule has 1 N–H and O–H groups in total. The van der Waals surface area contributed by atoms with Gasteiger partial charge < -0.3 is 28.8 Å². The molecular formula is C18H18O6. The zero-order valence-electron chi connectivity index (χ0n) is 13.7. The predicted molar refractivity (Wildman–Crippen MR) is 85.8 cm³/mol. The maximum absolute atomic E-state index is 10.4. The summed E-state index contributed by atoms with van der Waals surface area (Å²) in [6, 6.07) is 7.39. The van der Waals surface area contributed by atoms with Crippen molar-refractivity contribution >= 4 is 0 Å². The summed E-state index contributed by atoms with van der Waals surface area (Å²) in [5.74, 6) is 2.65. The van der Waals surface area contributed by atoms with Gasteiger partial charge in [-0.1, -0.05) is 6.07 Å². The SMILES string of the molecule is COc1ccc2c(c1O)OC1c3ccc(OC)c(OC)c3OCC21. The first kappa shape index (κ1) is 14.8. The molecule has 2 aromatic rings. The fraction of sp³-hybridized carbons (Fsp3) is 0.333. The van der Waals surface area contributed by atoms with Crippen LogP contribution in [0.3, 0.4) is 0 Å². The number of phenols is 1. The molecule has 0 spiro atoms. The smallest absolute Gasteiger partial charge is 0.203 e. The van der Waals surface area contributed by atoms with E-state index in [9.17, 15) is 5.11 Å². The van der Waals surface area contributed by atoms with Gasteiger partial charge in [0.25, 0.3) is 0 Å².